The number of rotatable bonds is 7. The third kappa shape index (κ3) is 5.36. The Morgan fingerprint density at radius 2 is 2.09 bits per heavy atom. The summed E-state index contributed by atoms with van der Waals surface area (Å²) in [6, 6.07) is 7.05. The molecule has 0 radical (unpaired) electrons. The Labute approximate surface area is 137 Å². The van der Waals surface area contributed by atoms with Crippen molar-refractivity contribution in [3.05, 3.63) is 35.4 Å². The molecule has 2 N–H and O–H groups in total. The topological polar surface area (TPSA) is 75.6 Å². The predicted molar refractivity (Wildman–Crippen MR) is 87.1 cm³/mol. The second kappa shape index (κ2) is 8.11. The highest BCUT2D eigenvalue weighted by atomic mass is 16.5. The first-order valence-electron chi connectivity index (χ1n) is 8.18. The average Bonchev–Trinajstić information content (AvgIpc) is 2.90. The smallest absolute Gasteiger partial charge is 0.305 e. The van der Waals surface area contributed by atoms with Crippen molar-refractivity contribution in [1.29, 1.82) is 0 Å². The maximum atomic E-state index is 12.2. The van der Waals surface area contributed by atoms with E-state index in [0.29, 0.717) is 12.8 Å². The number of aryl methyl sites for hydroxylation is 1. The first kappa shape index (κ1) is 17.5. The largest absolute Gasteiger partial charge is 0.481 e. The molecule has 1 aromatic rings. The molecule has 0 aromatic heterocycles. The van der Waals surface area contributed by atoms with E-state index in [1.807, 2.05) is 38.1 Å². The molecule has 1 aliphatic heterocycles. The van der Waals surface area contributed by atoms with E-state index in [1.54, 1.807) is 0 Å². The van der Waals surface area contributed by atoms with Crippen LogP contribution in [0.1, 0.15) is 56.2 Å². The average molecular weight is 319 g/mol. The van der Waals surface area contributed by atoms with Crippen molar-refractivity contribution >= 4 is 11.9 Å². The quantitative estimate of drug-likeness (QED) is 0.810. The lowest BCUT2D eigenvalue weighted by molar-refractivity contribution is -0.137. The number of nitrogens with one attached hydrogen (secondary N) is 1. The van der Waals surface area contributed by atoms with Gasteiger partial charge in [0, 0.05) is 6.42 Å². The van der Waals surface area contributed by atoms with E-state index < -0.39 is 12.0 Å². The number of hydrogen-bond acceptors (Lipinski definition) is 3. The number of carboxylic acids is 1. The molecule has 1 amide bonds. The molecule has 1 aliphatic rings. The summed E-state index contributed by atoms with van der Waals surface area (Å²) in [5.74, 6) is -1.05. The summed E-state index contributed by atoms with van der Waals surface area (Å²) in [6.45, 7) is 3.96. The van der Waals surface area contributed by atoms with Gasteiger partial charge in [0.1, 0.15) is 0 Å². The van der Waals surface area contributed by atoms with Gasteiger partial charge in [-0.05, 0) is 44.2 Å². The van der Waals surface area contributed by atoms with Gasteiger partial charge in [-0.15, -0.1) is 0 Å². The normalized spacial score (nSPS) is 21.8. The van der Waals surface area contributed by atoms with E-state index in [2.05, 4.69) is 5.32 Å². The lowest BCUT2D eigenvalue weighted by atomic mass is 9.98. The fourth-order valence-electron chi connectivity index (χ4n) is 3.05. The Kier molecular flexibility index (Phi) is 6.16. The van der Waals surface area contributed by atoms with E-state index in [-0.39, 0.29) is 24.5 Å². The lowest BCUT2D eigenvalue weighted by Gasteiger charge is -2.20. The van der Waals surface area contributed by atoms with Crippen molar-refractivity contribution in [1.82, 2.24) is 5.32 Å². The second-order valence-electron chi connectivity index (χ2n) is 6.26. The highest BCUT2D eigenvalue weighted by Crippen LogP contribution is 2.24. The summed E-state index contributed by atoms with van der Waals surface area (Å²) in [4.78, 5) is 23.3. The maximum Gasteiger partial charge on any atom is 0.305 e. The number of benzene rings is 1. The fourth-order valence-corrected chi connectivity index (χ4v) is 3.05. The number of carbonyl (C=O) groups excluding carboxylic acids is 1. The molecule has 1 saturated heterocycles. The van der Waals surface area contributed by atoms with Crippen LogP contribution in [0, 0.1) is 6.92 Å². The van der Waals surface area contributed by atoms with E-state index in [4.69, 9.17) is 9.84 Å². The Morgan fingerprint density at radius 1 is 1.35 bits per heavy atom. The second-order valence-corrected chi connectivity index (χ2v) is 6.26. The van der Waals surface area contributed by atoms with Crippen LogP contribution in [0.3, 0.4) is 0 Å². The van der Waals surface area contributed by atoms with Crippen LogP contribution in [0.25, 0.3) is 0 Å². The highest BCUT2D eigenvalue weighted by molar-refractivity contribution is 5.77. The molecule has 2 rings (SSSR count). The molecule has 1 heterocycles. The number of hydrogen-bond donors (Lipinski definition) is 2. The minimum atomic E-state index is -0.925. The Morgan fingerprint density at radius 3 is 2.70 bits per heavy atom. The number of aliphatic carboxylic acids is 1. The van der Waals surface area contributed by atoms with Gasteiger partial charge in [-0.3, -0.25) is 9.59 Å². The van der Waals surface area contributed by atoms with Crippen molar-refractivity contribution in [2.75, 3.05) is 0 Å². The third-order valence-electron chi connectivity index (χ3n) is 4.29. The third-order valence-corrected chi connectivity index (χ3v) is 4.29. The molecule has 0 spiro atoms. The van der Waals surface area contributed by atoms with Crippen LogP contribution in [0.5, 0.6) is 0 Å². The Hall–Kier alpha value is -1.88. The first-order chi connectivity index (χ1) is 11.0. The van der Waals surface area contributed by atoms with Gasteiger partial charge in [-0.2, -0.15) is 0 Å². The summed E-state index contributed by atoms with van der Waals surface area (Å²) in [6.07, 6.45) is 3.38. The predicted octanol–water partition coefficient (Wildman–Crippen LogP) is 2.97. The fraction of sp³-hybridized carbons (Fsp3) is 0.556. The van der Waals surface area contributed by atoms with Gasteiger partial charge in [0.15, 0.2) is 0 Å². The van der Waals surface area contributed by atoms with Crippen LogP contribution in [-0.4, -0.2) is 29.2 Å². The minimum Gasteiger partial charge on any atom is -0.481 e. The summed E-state index contributed by atoms with van der Waals surface area (Å²) in [5.41, 5.74) is 1.83. The van der Waals surface area contributed by atoms with Crippen molar-refractivity contribution in [2.45, 2.75) is 64.2 Å². The molecule has 5 nitrogen and oxygen atoms in total. The minimum absolute atomic E-state index is 0.118. The number of ether oxygens (including phenoxy) is 1. The summed E-state index contributed by atoms with van der Waals surface area (Å²) < 4.78 is 5.71. The van der Waals surface area contributed by atoms with Gasteiger partial charge in [-0.25, -0.2) is 0 Å². The molecule has 3 atom stereocenters. The van der Waals surface area contributed by atoms with E-state index in [0.717, 1.165) is 24.0 Å². The van der Waals surface area contributed by atoms with Gasteiger partial charge in [0.25, 0.3) is 0 Å². The zero-order valence-corrected chi connectivity index (χ0v) is 13.7. The van der Waals surface area contributed by atoms with Crippen molar-refractivity contribution in [2.24, 2.45) is 0 Å². The molecular weight excluding hydrogens is 294 g/mol. The van der Waals surface area contributed by atoms with E-state index in [9.17, 15) is 9.59 Å². The van der Waals surface area contributed by atoms with Crippen LogP contribution in [0.15, 0.2) is 24.3 Å². The molecule has 0 saturated carbocycles. The molecule has 5 heteroatoms. The monoisotopic (exact) mass is 319 g/mol. The number of carbonyl (C=O) groups is 2. The molecule has 0 unspecified atom stereocenters. The van der Waals surface area contributed by atoms with Crippen LogP contribution >= 0.6 is 0 Å². The van der Waals surface area contributed by atoms with Crippen molar-refractivity contribution in [3.8, 4) is 0 Å². The summed E-state index contributed by atoms with van der Waals surface area (Å²) in [5, 5.41) is 12.0. The molecule has 1 fully saturated rings. The molecule has 0 aliphatic carbocycles. The van der Waals surface area contributed by atoms with Gasteiger partial charge in [0.05, 0.1) is 24.7 Å². The summed E-state index contributed by atoms with van der Waals surface area (Å²) >= 11 is 0. The SMILES string of the molecule is Cc1ccccc1[C@H](CC(=O)O)NC(=O)CC[C@H]1CC[C@H](C)O1. The molecular formula is C18H25NO4. The maximum absolute atomic E-state index is 12.2. The molecule has 0 bridgehead atoms. The first-order valence-corrected chi connectivity index (χ1v) is 8.18. The number of amides is 1. The lowest BCUT2D eigenvalue weighted by Crippen LogP contribution is -2.31. The number of carboxylic acid groups (broad SMARTS) is 1. The van der Waals surface area contributed by atoms with Gasteiger partial charge in [0.2, 0.25) is 5.91 Å². The van der Waals surface area contributed by atoms with E-state index >= 15 is 0 Å². The zero-order chi connectivity index (χ0) is 16.8. The Bertz CT molecular complexity index is 558. The van der Waals surface area contributed by atoms with Gasteiger partial charge in [-0.1, -0.05) is 24.3 Å². The van der Waals surface area contributed by atoms with E-state index in [1.165, 1.54) is 0 Å². The van der Waals surface area contributed by atoms with Crippen LogP contribution in [0.4, 0.5) is 0 Å². The van der Waals surface area contributed by atoms with Crippen LogP contribution in [-0.2, 0) is 14.3 Å². The van der Waals surface area contributed by atoms with Gasteiger partial charge < -0.3 is 15.2 Å². The summed E-state index contributed by atoms with van der Waals surface area (Å²) in [7, 11) is 0. The zero-order valence-electron chi connectivity index (χ0n) is 13.7. The van der Waals surface area contributed by atoms with Crippen LogP contribution in [0.2, 0.25) is 0 Å². The van der Waals surface area contributed by atoms with Crippen molar-refractivity contribution < 1.29 is 19.4 Å². The Balaban J connectivity index is 1.93. The highest BCUT2D eigenvalue weighted by Gasteiger charge is 2.24. The molecule has 1 aromatic carbocycles. The molecule has 126 valence electrons. The van der Waals surface area contributed by atoms with Crippen molar-refractivity contribution in [3.63, 3.8) is 0 Å². The molecule has 23 heavy (non-hydrogen) atoms. The van der Waals surface area contributed by atoms with Crippen LogP contribution < -0.4 is 5.32 Å². The standard InChI is InChI=1S/C18H25NO4/c1-12-5-3-4-6-15(12)16(11-18(21)22)19-17(20)10-9-14-8-7-13(2)23-14/h3-6,13-14,16H,7-11H2,1-2H3,(H,19,20)(H,21,22)/t13-,14+,16-/m0/s1. The van der Waals surface area contributed by atoms with Gasteiger partial charge >= 0.3 is 5.97 Å².